The van der Waals surface area contributed by atoms with Crippen molar-refractivity contribution in [2.75, 3.05) is 32.8 Å². The molecule has 0 saturated carbocycles. The van der Waals surface area contributed by atoms with E-state index in [9.17, 15) is 0 Å². The lowest BCUT2D eigenvalue weighted by molar-refractivity contribution is 0.145. The first-order chi connectivity index (χ1) is 5.93. The van der Waals surface area contributed by atoms with Gasteiger partial charge in [0.1, 0.15) is 0 Å². The number of rotatable bonds is 5. The predicted octanol–water partition coefficient (Wildman–Crippen LogP) is -0.0382. The average molecular weight is 171 g/mol. The van der Waals surface area contributed by atoms with Gasteiger partial charge in [0, 0.05) is 26.3 Å². The third-order valence-electron chi connectivity index (χ3n) is 1.64. The Morgan fingerprint density at radius 3 is 3.25 bits per heavy atom. The molecule has 0 spiro atoms. The zero-order chi connectivity index (χ0) is 8.65. The molecular weight excluding hydrogens is 154 g/mol. The van der Waals surface area contributed by atoms with Gasteiger partial charge in [-0.2, -0.15) is 0 Å². The molecule has 0 saturated heterocycles. The van der Waals surface area contributed by atoms with Crippen molar-refractivity contribution in [2.45, 2.75) is 13.3 Å². The van der Waals surface area contributed by atoms with Crippen molar-refractivity contribution in [3.8, 4) is 0 Å². The van der Waals surface area contributed by atoms with Crippen LogP contribution in [0, 0.1) is 0 Å². The zero-order valence-electron chi connectivity index (χ0n) is 7.60. The summed E-state index contributed by atoms with van der Waals surface area (Å²) in [5.41, 5.74) is 0. The summed E-state index contributed by atoms with van der Waals surface area (Å²) in [5, 5.41) is 6.34. The van der Waals surface area contributed by atoms with Gasteiger partial charge >= 0.3 is 0 Å². The Bertz CT molecular complexity index is 147. The summed E-state index contributed by atoms with van der Waals surface area (Å²) in [6.07, 6.45) is 1.04. The normalized spacial score (nSPS) is 15.6. The van der Waals surface area contributed by atoms with Gasteiger partial charge in [-0.05, 0) is 13.3 Å². The summed E-state index contributed by atoms with van der Waals surface area (Å²) in [6.45, 7) is 6.44. The fourth-order valence-electron chi connectivity index (χ4n) is 1.04. The molecule has 0 atom stereocenters. The number of nitrogens with one attached hydrogen (secondary N) is 2. The quantitative estimate of drug-likeness (QED) is 0.571. The standard InChI is InChI=1S/C8H17N3O/c1-2-12-7-3-4-9-8-10-5-6-11-8/h2-7H2,1H3,(H2,9,10,11). The second kappa shape index (κ2) is 5.83. The summed E-state index contributed by atoms with van der Waals surface area (Å²) < 4.78 is 5.20. The fraction of sp³-hybridized carbons (Fsp3) is 0.875. The van der Waals surface area contributed by atoms with E-state index in [-0.39, 0.29) is 0 Å². The molecule has 70 valence electrons. The van der Waals surface area contributed by atoms with Crippen molar-refractivity contribution in [1.29, 1.82) is 0 Å². The second-order valence-corrected chi connectivity index (χ2v) is 2.63. The first-order valence-corrected chi connectivity index (χ1v) is 4.53. The van der Waals surface area contributed by atoms with Crippen LogP contribution in [-0.4, -0.2) is 38.8 Å². The van der Waals surface area contributed by atoms with Gasteiger partial charge in [-0.1, -0.05) is 0 Å². The third-order valence-corrected chi connectivity index (χ3v) is 1.64. The molecule has 1 heterocycles. The van der Waals surface area contributed by atoms with Gasteiger partial charge in [-0.25, -0.2) is 0 Å². The molecule has 1 rings (SSSR count). The molecule has 4 heteroatoms. The molecule has 1 aliphatic heterocycles. The van der Waals surface area contributed by atoms with Crippen LogP contribution in [0.15, 0.2) is 4.99 Å². The number of nitrogens with zero attached hydrogens (tertiary/aromatic N) is 1. The van der Waals surface area contributed by atoms with Gasteiger partial charge in [0.2, 0.25) is 0 Å². The zero-order valence-corrected chi connectivity index (χ0v) is 7.60. The van der Waals surface area contributed by atoms with Crippen LogP contribution in [0.2, 0.25) is 0 Å². The van der Waals surface area contributed by atoms with Crippen molar-refractivity contribution in [3.63, 3.8) is 0 Å². The first kappa shape index (κ1) is 9.32. The minimum atomic E-state index is 0.805. The van der Waals surface area contributed by atoms with Crippen LogP contribution < -0.4 is 10.6 Å². The average Bonchev–Trinajstić information content (AvgIpc) is 2.57. The highest BCUT2D eigenvalue weighted by atomic mass is 16.5. The first-order valence-electron chi connectivity index (χ1n) is 4.53. The van der Waals surface area contributed by atoms with E-state index in [1.807, 2.05) is 6.92 Å². The van der Waals surface area contributed by atoms with Crippen molar-refractivity contribution < 1.29 is 4.74 Å². The molecule has 0 fully saturated rings. The van der Waals surface area contributed by atoms with E-state index in [0.29, 0.717) is 0 Å². The maximum atomic E-state index is 5.20. The molecule has 2 N–H and O–H groups in total. The van der Waals surface area contributed by atoms with E-state index in [4.69, 9.17) is 4.74 Å². The van der Waals surface area contributed by atoms with Crippen LogP contribution in [0.3, 0.4) is 0 Å². The SMILES string of the molecule is CCOCCCNC1=NCCN1. The lowest BCUT2D eigenvalue weighted by atomic mass is 10.4. The van der Waals surface area contributed by atoms with Crippen molar-refractivity contribution >= 4 is 5.96 Å². The van der Waals surface area contributed by atoms with Gasteiger partial charge in [0.15, 0.2) is 5.96 Å². The Kier molecular flexibility index (Phi) is 4.52. The third kappa shape index (κ3) is 3.57. The molecule has 0 radical (unpaired) electrons. The van der Waals surface area contributed by atoms with Crippen molar-refractivity contribution in [3.05, 3.63) is 0 Å². The highest BCUT2D eigenvalue weighted by Gasteiger charge is 2.01. The summed E-state index contributed by atoms with van der Waals surface area (Å²) >= 11 is 0. The van der Waals surface area contributed by atoms with E-state index >= 15 is 0 Å². The lowest BCUT2D eigenvalue weighted by Gasteiger charge is -2.05. The lowest BCUT2D eigenvalue weighted by Crippen LogP contribution is -2.34. The van der Waals surface area contributed by atoms with Crippen LogP contribution in [0.5, 0.6) is 0 Å². The molecule has 0 aromatic carbocycles. The summed E-state index contributed by atoms with van der Waals surface area (Å²) in [7, 11) is 0. The minimum Gasteiger partial charge on any atom is -0.382 e. The molecule has 0 amide bonds. The molecule has 0 aromatic heterocycles. The van der Waals surface area contributed by atoms with E-state index in [0.717, 1.165) is 45.2 Å². The maximum absolute atomic E-state index is 5.20. The highest BCUT2D eigenvalue weighted by molar-refractivity contribution is 5.81. The topological polar surface area (TPSA) is 45.6 Å². The monoisotopic (exact) mass is 171 g/mol. The van der Waals surface area contributed by atoms with E-state index < -0.39 is 0 Å². The number of aliphatic imine (C=N–C) groups is 1. The summed E-state index contributed by atoms with van der Waals surface area (Å²) in [6, 6.07) is 0. The van der Waals surface area contributed by atoms with Crippen LogP contribution in [0.1, 0.15) is 13.3 Å². The second-order valence-electron chi connectivity index (χ2n) is 2.63. The molecular formula is C8H17N3O. The molecule has 4 nitrogen and oxygen atoms in total. The Balaban J connectivity index is 1.88. The van der Waals surface area contributed by atoms with E-state index in [1.54, 1.807) is 0 Å². The molecule has 1 aliphatic rings. The molecule has 0 bridgehead atoms. The summed E-state index contributed by atoms with van der Waals surface area (Å²) in [5.74, 6) is 0.937. The number of guanidine groups is 1. The Morgan fingerprint density at radius 2 is 2.58 bits per heavy atom. The van der Waals surface area contributed by atoms with Crippen molar-refractivity contribution in [2.24, 2.45) is 4.99 Å². The Hall–Kier alpha value is -0.770. The Labute approximate surface area is 73.4 Å². The van der Waals surface area contributed by atoms with Gasteiger partial charge in [-0.3, -0.25) is 4.99 Å². The van der Waals surface area contributed by atoms with Crippen LogP contribution in [0.25, 0.3) is 0 Å². The number of hydrogen-bond donors (Lipinski definition) is 2. The minimum absolute atomic E-state index is 0.805. The molecule has 0 aromatic rings. The van der Waals surface area contributed by atoms with Crippen LogP contribution >= 0.6 is 0 Å². The number of hydrogen-bond acceptors (Lipinski definition) is 4. The van der Waals surface area contributed by atoms with Gasteiger partial charge in [-0.15, -0.1) is 0 Å². The van der Waals surface area contributed by atoms with E-state index in [1.165, 1.54) is 0 Å². The van der Waals surface area contributed by atoms with Gasteiger partial charge < -0.3 is 15.4 Å². The van der Waals surface area contributed by atoms with Crippen molar-refractivity contribution in [1.82, 2.24) is 10.6 Å². The molecule has 0 unspecified atom stereocenters. The van der Waals surface area contributed by atoms with Crippen LogP contribution in [-0.2, 0) is 4.74 Å². The molecule has 0 aliphatic carbocycles. The largest absolute Gasteiger partial charge is 0.382 e. The summed E-state index contributed by atoms with van der Waals surface area (Å²) in [4.78, 5) is 4.21. The van der Waals surface area contributed by atoms with Gasteiger partial charge in [0.25, 0.3) is 0 Å². The van der Waals surface area contributed by atoms with Gasteiger partial charge in [0.05, 0.1) is 6.54 Å². The van der Waals surface area contributed by atoms with E-state index in [2.05, 4.69) is 15.6 Å². The van der Waals surface area contributed by atoms with Crippen LogP contribution in [0.4, 0.5) is 0 Å². The smallest absolute Gasteiger partial charge is 0.191 e. The highest BCUT2D eigenvalue weighted by Crippen LogP contribution is 1.83. The number of ether oxygens (including phenoxy) is 1. The molecule has 12 heavy (non-hydrogen) atoms. The maximum Gasteiger partial charge on any atom is 0.191 e. The Morgan fingerprint density at radius 1 is 1.67 bits per heavy atom. The fourth-order valence-corrected chi connectivity index (χ4v) is 1.04. The predicted molar refractivity (Wildman–Crippen MR) is 49.4 cm³/mol.